The van der Waals surface area contributed by atoms with Gasteiger partial charge in [-0.15, -0.1) is 0 Å². The summed E-state index contributed by atoms with van der Waals surface area (Å²) in [6.45, 7) is 2.03. The van der Waals surface area contributed by atoms with Crippen LogP contribution in [0.25, 0.3) is 0 Å². The second-order valence-electron chi connectivity index (χ2n) is 6.02. The fourth-order valence-corrected chi connectivity index (χ4v) is 3.13. The molecule has 25 heavy (non-hydrogen) atoms. The topological polar surface area (TPSA) is 68.1 Å². The molecule has 0 aliphatic carbocycles. The molecule has 0 fully saturated rings. The minimum atomic E-state index is -1.56. The average molecular weight is 404 g/mol. The van der Waals surface area contributed by atoms with Gasteiger partial charge in [0.05, 0.1) is 12.3 Å². The second kappa shape index (κ2) is 7.37. The number of hydrogen-bond acceptors (Lipinski definition) is 4. The maximum absolute atomic E-state index is 12.1. The van der Waals surface area contributed by atoms with Crippen LogP contribution < -0.4 is 0 Å². The summed E-state index contributed by atoms with van der Waals surface area (Å²) in [5, 5.41) is 13.8. The number of aliphatic carboxylic acids is 1. The van der Waals surface area contributed by atoms with Gasteiger partial charge in [-0.1, -0.05) is 63.6 Å². The van der Waals surface area contributed by atoms with E-state index in [1.54, 1.807) is 6.92 Å². The van der Waals surface area contributed by atoms with E-state index in [0.717, 1.165) is 15.6 Å². The van der Waals surface area contributed by atoms with Crippen LogP contribution in [0.5, 0.6) is 0 Å². The Hall–Kier alpha value is -2.18. The van der Waals surface area contributed by atoms with E-state index in [2.05, 4.69) is 21.1 Å². The molecule has 2 aromatic carbocycles. The molecule has 0 saturated heterocycles. The molecule has 2 atom stereocenters. The van der Waals surface area contributed by atoms with Crippen LogP contribution in [0.15, 0.2) is 64.2 Å². The molecule has 0 aromatic heterocycles. The number of hydrogen-bond donors (Lipinski definition) is 1. The third kappa shape index (κ3) is 3.75. The molecule has 3 rings (SSSR count). The minimum absolute atomic E-state index is 0.178. The number of rotatable bonds is 6. The van der Waals surface area contributed by atoms with Crippen LogP contribution in [0.4, 0.5) is 0 Å². The molecule has 0 bridgehead atoms. The molecule has 6 heteroatoms. The zero-order chi connectivity index (χ0) is 17.9. The second-order valence-corrected chi connectivity index (χ2v) is 6.93. The first-order valence-corrected chi connectivity index (χ1v) is 8.66. The van der Waals surface area contributed by atoms with Crippen LogP contribution in [0.2, 0.25) is 0 Å². The SMILES string of the molecule is CC1=NOC(C(=O)O)(C(OCc2ccccc2)c2ccc(Br)cc2)C1. The van der Waals surface area contributed by atoms with Crippen molar-refractivity contribution in [2.75, 3.05) is 0 Å². The third-order valence-electron chi connectivity index (χ3n) is 4.10. The summed E-state index contributed by atoms with van der Waals surface area (Å²) in [6.07, 6.45) is -0.614. The van der Waals surface area contributed by atoms with Crippen molar-refractivity contribution in [3.05, 3.63) is 70.2 Å². The van der Waals surface area contributed by atoms with Crippen LogP contribution >= 0.6 is 15.9 Å². The Morgan fingerprint density at radius 3 is 2.52 bits per heavy atom. The summed E-state index contributed by atoms with van der Waals surface area (Å²) in [4.78, 5) is 17.5. The van der Waals surface area contributed by atoms with Gasteiger partial charge >= 0.3 is 5.97 Å². The lowest BCUT2D eigenvalue weighted by Crippen LogP contribution is -2.45. The largest absolute Gasteiger partial charge is 0.478 e. The predicted molar refractivity (Wildman–Crippen MR) is 97.3 cm³/mol. The monoisotopic (exact) mass is 403 g/mol. The van der Waals surface area contributed by atoms with Crippen molar-refractivity contribution in [1.82, 2.24) is 0 Å². The Morgan fingerprint density at radius 1 is 1.28 bits per heavy atom. The molecule has 1 aliphatic rings. The van der Waals surface area contributed by atoms with Gasteiger partial charge in [0.15, 0.2) is 0 Å². The van der Waals surface area contributed by atoms with Crippen molar-refractivity contribution < 1.29 is 19.5 Å². The van der Waals surface area contributed by atoms with Gasteiger partial charge in [0.2, 0.25) is 0 Å². The Morgan fingerprint density at radius 2 is 1.96 bits per heavy atom. The molecule has 1 aliphatic heterocycles. The highest BCUT2D eigenvalue weighted by atomic mass is 79.9. The van der Waals surface area contributed by atoms with Gasteiger partial charge in [-0.25, -0.2) is 4.79 Å². The Bertz CT molecular complexity index is 776. The van der Waals surface area contributed by atoms with Crippen LogP contribution in [0.1, 0.15) is 30.6 Å². The highest BCUT2D eigenvalue weighted by Crippen LogP contribution is 2.40. The summed E-state index contributed by atoms with van der Waals surface area (Å²) in [6, 6.07) is 17.0. The normalized spacial score (nSPS) is 20.6. The Balaban J connectivity index is 1.93. The lowest BCUT2D eigenvalue weighted by Gasteiger charge is -2.31. The smallest absolute Gasteiger partial charge is 0.354 e. The first kappa shape index (κ1) is 17.6. The fourth-order valence-electron chi connectivity index (χ4n) is 2.86. The van der Waals surface area contributed by atoms with Crippen LogP contribution in [-0.4, -0.2) is 22.4 Å². The maximum atomic E-state index is 12.1. The average Bonchev–Trinajstić information content (AvgIpc) is 3.01. The lowest BCUT2D eigenvalue weighted by molar-refractivity contribution is -0.187. The van der Waals surface area contributed by atoms with E-state index in [9.17, 15) is 9.90 Å². The molecular weight excluding hydrogens is 386 g/mol. The van der Waals surface area contributed by atoms with E-state index in [4.69, 9.17) is 9.57 Å². The quantitative estimate of drug-likeness (QED) is 0.779. The molecule has 1 heterocycles. The number of nitrogens with zero attached hydrogens (tertiary/aromatic N) is 1. The molecule has 130 valence electrons. The number of oxime groups is 1. The summed E-state index contributed by atoms with van der Waals surface area (Å²) in [5.41, 5.74) is 0.757. The molecule has 2 aromatic rings. The van der Waals surface area contributed by atoms with Crippen molar-refractivity contribution in [2.24, 2.45) is 5.16 Å². The summed E-state index contributed by atoms with van der Waals surface area (Å²) in [7, 11) is 0. The van der Waals surface area contributed by atoms with Gasteiger partial charge in [-0.3, -0.25) is 0 Å². The van der Waals surface area contributed by atoms with E-state index in [1.807, 2.05) is 54.6 Å². The van der Waals surface area contributed by atoms with E-state index < -0.39 is 17.7 Å². The number of carbonyl (C=O) groups is 1. The molecule has 2 unspecified atom stereocenters. The first-order valence-electron chi connectivity index (χ1n) is 7.87. The van der Waals surface area contributed by atoms with E-state index in [0.29, 0.717) is 5.71 Å². The number of carboxylic acids is 1. The third-order valence-corrected chi connectivity index (χ3v) is 4.63. The van der Waals surface area contributed by atoms with E-state index in [-0.39, 0.29) is 13.0 Å². The molecular formula is C19H18BrNO4. The predicted octanol–water partition coefficient (Wildman–Crippen LogP) is 4.33. The van der Waals surface area contributed by atoms with Crippen LogP contribution in [0.3, 0.4) is 0 Å². The van der Waals surface area contributed by atoms with Crippen molar-refractivity contribution in [3.63, 3.8) is 0 Å². The van der Waals surface area contributed by atoms with Gasteiger partial charge in [0, 0.05) is 10.9 Å². The van der Waals surface area contributed by atoms with Crippen molar-refractivity contribution in [1.29, 1.82) is 0 Å². The molecule has 5 nitrogen and oxygen atoms in total. The molecule has 0 amide bonds. The first-order chi connectivity index (χ1) is 12.0. The van der Waals surface area contributed by atoms with Crippen molar-refractivity contribution >= 4 is 27.6 Å². The molecule has 1 N–H and O–H groups in total. The summed E-state index contributed by atoms with van der Waals surface area (Å²) < 4.78 is 6.96. The maximum Gasteiger partial charge on any atom is 0.354 e. The van der Waals surface area contributed by atoms with Gasteiger partial charge in [0.1, 0.15) is 6.10 Å². The standard InChI is InChI=1S/C19H18BrNO4/c1-13-11-19(18(22)23,25-21-13)17(15-7-9-16(20)10-8-15)24-12-14-5-3-2-4-6-14/h2-10,17H,11-12H2,1H3,(H,22,23). The zero-order valence-electron chi connectivity index (χ0n) is 13.7. The molecule has 0 radical (unpaired) electrons. The van der Waals surface area contributed by atoms with Gasteiger partial charge in [-0.05, 0) is 30.2 Å². The fraction of sp³-hybridized carbons (Fsp3) is 0.263. The number of ether oxygens (including phenoxy) is 1. The molecule has 0 spiro atoms. The van der Waals surface area contributed by atoms with Gasteiger partial charge < -0.3 is 14.7 Å². The van der Waals surface area contributed by atoms with Crippen molar-refractivity contribution in [2.45, 2.75) is 31.7 Å². The van der Waals surface area contributed by atoms with Crippen LogP contribution in [-0.2, 0) is 21.0 Å². The highest BCUT2D eigenvalue weighted by molar-refractivity contribution is 9.10. The van der Waals surface area contributed by atoms with E-state index in [1.165, 1.54) is 0 Å². The van der Waals surface area contributed by atoms with Crippen molar-refractivity contribution in [3.8, 4) is 0 Å². The van der Waals surface area contributed by atoms with Gasteiger partial charge in [-0.2, -0.15) is 0 Å². The summed E-state index contributed by atoms with van der Waals surface area (Å²) >= 11 is 3.39. The number of halogens is 1. The zero-order valence-corrected chi connectivity index (χ0v) is 15.3. The minimum Gasteiger partial charge on any atom is -0.478 e. The number of carboxylic acid groups (broad SMARTS) is 1. The van der Waals surface area contributed by atoms with Crippen LogP contribution in [0, 0.1) is 0 Å². The Kier molecular flexibility index (Phi) is 5.20. The van der Waals surface area contributed by atoms with E-state index >= 15 is 0 Å². The molecule has 0 saturated carbocycles. The lowest BCUT2D eigenvalue weighted by atomic mass is 9.86. The summed E-state index contributed by atoms with van der Waals surface area (Å²) in [5.74, 6) is -1.09. The number of benzene rings is 2. The Labute approximate surface area is 154 Å². The van der Waals surface area contributed by atoms with Gasteiger partial charge in [0.25, 0.3) is 5.60 Å². The highest BCUT2D eigenvalue weighted by Gasteiger charge is 2.54.